The number of nitro benzene ring substituents is 1. The molecule has 0 aromatic heterocycles. The van der Waals surface area contributed by atoms with Gasteiger partial charge in [0.1, 0.15) is 6.54 Å². The Morgan fingerprint density at radius 2 is 2.11 bits per heavy atom. The lowest BCUT2D eigenvalue weighted by atomic mass is 10.1. The molecule has 0 radical (unpaired) electrons. The Morgan fingerprint density at radius 3 is 2.63 bits per heavy atom. The molecular weight excluding hydrogens is 256 g/mol. The van der Waals surface area contributed by atoms with Gasteiger partial charge in [0.15, 0.2) is 0 Å². The van der Waals surface area contributed by atoms with Crippen LogP contribution in [0.5, 0.6) is 5.75 Å². The zero-order valence-corrected chi connectivity index (χ0v) is 10.3. The highest BCUT2D eigenvalue weighted by Gasteiger charge is 2.24. The third-order valence-electron chi connectivity index (χ3n) is 2.38. The zero-order valence-electron chi connectivity index (χ0n) is 10.3. The van der Waals surface area contributed by atoms with E-state index in [0.717, 1.165) is 11.0 Å². The number of carbonyl (C=O) groups excluding carboxylic acids is 2. The first-order valence-electron chi connectivity index (χ1n) is 5.17. The molecule has 0 heterocycles. The molecule has 0 saturated heterocycles. The van der Waals surface area contributed by atoms with Crippen molar-refractivity contribution in [1.82, 2.24) is 4.90 Å². The molecule has 8 heteroatoms. The van der Waals surface area contributed by atoms with E-state index in [1.54, 1.807) is 0 Å². The molecule has 8 nitrogen and oxygen atoms in total. The number of hydrogen-bond acceptors (Lipinski definition) is 6. The second kappa shape index (κ2) is 5.80. The number of nitrogens with zero attached hydrogens (tertiary/aromatic N) is 2. The molecule has 1 N–H and O–H groups in total. The number of aromatic hydroxyl groups is 1. The van der Waals surface area contributed by atoms with Gasteiger partial charge in [-0.05, 0) is 6.07 Å². The molecule has 0 aliphatic heterocycles. The number of esters is 1. The summed E-state index contributed by atoms with van der Waals surface area (Å²) in [6, 6.07) is 3.59. The summed E-state index contributed by atoms with van der Waals surface area (Å²) in [5, 5.41) is 20.3. The lowest BCUT2D eigenvalue weighted by Crippen LogP contribution is -2.32. The lowest BCUT2D eigenvalue weighted by Gasteiger charge is -2.16. The van der Waals surface area contributed by atoms with Crippen molar-refractivity contribution in [3.63, 3.8) is 0 Å². The average Bonchev–Trinajstić information content (AvgIpc) is 2.37. The molecule has 102 valence electrons. The third-order valence-corrected chi connectivity index (χ3v) is 2.38. The number of phenols is 1. The molecule has 0 fully saturated rings. The van der Waals surface area contributed by atoms with Crippen LogP contribution in [0.1, 0.15) is 10.4 Å². The highest BCUT2D eigenvalue weighted by molar-refractivity contribution is 5.99. The first kappa shape index (κ1) is 14.4. The van der Waals surface area contributed by atoms with Crippen LogP contribution < -0.4 is 0 Å². The van der Waals surface area contributed by atoms with Crippen LogP contribution in [-0.4, -0.2) is 47.5 Å². The quantitative estimate of drug-likeness (QED) is 0.485. The van der Waals surface area contributed by atoms with Crippen molar-refractivity contribution in [3.05, 3.63) is 33.9 Å². The van der Waals surface area contributed by atoms with E-state index in [2.05, 4.69) is 4.74 Å². The average molecular weight is 268 g/mol. The van der Waals surface area contributed by atoms with Gasteiger partial charge in [0, 0.05) is 13.1 Å². The molecule has 1 aromatic carbocycles. The normalized spacial score (nSPS) is 9.79. The van der Waals surface area contributed by atoms with Crippen LogP contribution in [0, 0.1) is 10.1 Å². The van der Waals surface area contributed by atoms with Crippen LogP contribution in [0.25, 0.3) is 0 Å². The van der Waals surface area contributed by atoms with Gasteiger partial charge in [-0.1, -0.05) is 6.07 Å². The van der Waals surface area contributed by atoms with Crippen molar-refractivity contribution < 1.29 is 24.4 Å². The number of methoxy groups -OCH3 is 1. The Balaban J connectivity index is 3.03. The van der Waals surface area contributed by atoms with Gasteiger partial charge in [-0.2, -0.15) is 0 Å². The van der Waals surface area contributed by atoms with E-state index in [0.29, 0.717) is 0 Å². The first-order valence-corrected chi connectivity index (χ1v) is 5.17. The Morgan fingerprint density at radius 1 is 1.47 bits per heavy atom. The summed E-state index contributed by atoms with van der Waals surface area (Å²) in [6.07, 6.45) is 0. The number of likely N-dealkylation sites (N-methyl/N-ethyl adjacent to an activating group) is 1. The predicted octanol–water partition coefficient (Wildman–Crippen LogP) is 0.545. The number of phenolic OH excluding ortho intramolecular Hbond substituents is 1. The highest BCUT2D eigenvalue weighted by atomic mass is 16.6. The molecule has 0 saturated carbocycles. The number of carbonyl (C=O) groups is 2. The Kier molecular flexibility index (Phi) is 4.41. The van der Waals surface area contributed by atoms with Crippen molar-refractivity contribution in [3.8, 4) is 5.75 Å². The zero-order chi connectivity index (χ0) is 14.6. The van der Waals surface area contributed by atoms with Crippen molar-refractivity contribution in [1.29, 1.82) is 0 Å². The second-order valence-corrected chi connectivity index (χ2v) is 3.67. The number of hydrogen-bond donors (Lipinski definition) is 1. The number of nitro groups is 1. The minimum atomic E-state index is -0.799. The summed E-state index contributed by atoms with van der Waals surface area (Å²) in [7, 11) is 2.49. The van der Waals surface area contributed by atoms with Gasteiger partial charge in [0.2, 0.25) is 5.75 Å². The second-order valence-electron chi connectivity index (χ2n) is 3.67. The summed E-state index contributed by atoms with van der Waals surface area (Å²) in [5.74, 6) is -2.08. The van der Waals surface area contributed by atoms with E-state index in [1.807, 2.05) is 0 Å². The minimum absolute atomic E-state index is 0.249. The fourth-order valence-electron chi connectivity index (χ4n) is 1.39. The summed E-state index contributed by atoms with van der Waals surface area (Å²) >= 11 is 0. The number of amides is 1. The third kappa shape index (κ3) is 3.18. The Labute approximate surface area is 108 Å². The van der Waals surface area contributed by atoms with Crippen LogP contribution in [0.3, 0.4) is 0 Å². The maximum atomic E-state index is 11.9. The van der Waals surface area contributed by atoms with E-state index >= 15 is 0 Å². The highest BCUT2D eigenvalue weighted by Crippen LogP contribution is 2.29. The minimum Gasteiger partial charge on any atom is -0.502 e. The van der Waals surface area contributed by atoms with Gasteiger partial charge in [0.05, 0.1) is 17.6 Å². The van der Waals surface area contributed by atoms with Gasteiger partial charge >= 0.3 is 11.7 Å². The van der Waals surface area contributed by atoms with Crippen LogP contribution in [0.15, 0.2) is 18.2 Å². The Bertz CT molecular complexity index is 528. The molecule has 1 aromatic rings. The van der Waals surface area contributed by atoms with E-state index in [-0.39, 0.29) is 12.1 Å². The lowest BCUT2D eigenvalue weighted by molar-refractivity contribution is -0.385. The summed E-state index contributed by atoms with van der Waals surface area (Å²) < 4.78 is 4.40. The van der Waals surface area contributed by atoms with E-state index in [4.69, 9.17) is 0 Å². The molecule has 0 aliphatic carbocycles. The number of para-hydroxylation sites is 1. The molecule has 0 bridgehead atoms. The molecular formula is C11H12N2O6. The van der Waals surface area contributed by atoms with Crippen molar-refractivity contribution in [2.75, 3.05) is 20.7 Å². The first-order chi connectivity index (χ1) is 8.88. The van der Waals surface area contributed by atoms with E-state index in [9.17, 15) is 24.8 Å². The molecule has 0 unspecified atom stereocenters. The van der Waals surface area contributed by atoms with Gasteiger partial charge in [-0.15, -0.1) is 0 Å². The van der Waals surface area contributed by atoms with Crippen LogP contribution in [0.2, 0.25) is 0 Å². The summed E-state index contributed by atoms with van der Waals surface area (Å²) in [5.41, 5.74) is -0.821. The standard InChI is InChI=1S/C11H12N2O6/c1-12(6-9(14)19-2)11(16)7-4-3-5-8(10(7)15)13(17)18/h3-5,15H,6H2,1-2H3. The molecule has 19 heavy (non-hydrogen) atoms. The topological polar surface area (TPSA) is 110 Å². The summed E-state index contributed by atoms with van der Waals surface area (Å²) in [4.78, 5) is 33.8. The number of rotatable bonds is 4. The largest absolute Gasteiger partial charge is 0.502 e. The maximum Gasteiger partial charge on any atom is 0.325 e. The monoisotopic (exact) mass is 268 g/mol. The van der Waals surface area contributed by atoms with Crippen LogP contribution >= 0.6 is 0 Å². The van der Waals surface area contributed by atoms with Gasteiger partial charge in [0.25, 0.3) is 5.91 Å². The SMILES string of the molecule is COC(=O)CN(C)C(=O)c1cccc([N+](=O)[O-])c1O. The Hall–Kier alpha value is -2.64. The maximum absolute atomic E-state index is 11.9. The number of benzene rings is 1. The smallest absolute Gasteiger partial charge is 0.325 e. The van der Waals surface area contributed by atoms with Gasteiger partial charge in [-0.25, -0.2) is 0 Å². The van der Waals surface area contributed by atoms with Gasteiger partial charge < -0.3 is 14.7 Å². The van der Waals surface area contributed by atoms with Crippen molar-refractivity contribution >= 4 is 17.6 Å². The molecule has 0 aliphatic rings. The fraction of sp³-hybridized carbons (Fsp3) is 0.273. The number of ether oxygens (including phenoxy) is 1. The van der Waals surface area contributed by atoms with Crippen LogP contribution in [0.4, 0.5) is 5.69 Å². The van der Waals surface area contributed by atoms with Crippen LogP contribution in [-0.2, 0) is 9.53 Å². The molecule has 1 amide bonds. The van der Waals surface area contributed by atoms with Crippen molar-refractivity contribution in [2.24, 2.45) is 0 Å². The van der Waals surface area contributed by atoms with Crippen molar-refractivity contribution in [2.45, 2.75) is 0 Å². The fourth-order valence-corrected chi connectivity index (χ4v) is 1.39. The summed E-state index contributed by atoms with van der Waals surface area (Å²) in [6.45, 7) is -0.322. The van der Waals surface area contributed by atoms with Gasteiger partial charge in [-0.3, -0.25) is 19.7 Å². The predicted molar refractivity (Wildman–Crippen MR) is 63.7 cm³/mol. The van der Waals surface area contributed by atoms with E-state index in [1.165, 1.54) is 26.3 Å². The van der Waals surface area contributed by atoms with E-state index < -0.39 is 28.2 Å². The molecule has 0 spiro atoms. The molecule has 1 rings (SSSR count). The molecule has 0 atom stereocenters.